The Hall–Kier alpha value is -3.55. The van der Waals surface area contributed by atoms with E-state index in [-0.39, 0.29) is 23.7 Å². The molecule has 0 radical (unpaired) electrons. The maximum Gasteiger partial charge on any atom is 0.572 e. The predicted molar refractivity (Wildman–Crippen MR) is 92.0 cm³/mol. The van der Waals surface area contributed by atoms with Gasteiger partial charge in [-0.05, 0) is 25.0 Å². The van der Waals surface area contributed by atoms with Gasteiger partial charge in [-0.3, -0.25) is 4.79 Å². The van der Waals surface area contributed by atoms with Crippen LogP contribution in [0.3, 0.4) is 0 Å². The first-order valence-corrected chi connectivity index (χ1v) is 8.57. The Balaban J connectivity index is 1.73. The molecule has 1 aliphatic carbocycles. The first-order valence-electron chi connectivity index (χ1n) is 8.57. The molecule has 2 aliphatic rings. The zero-order valence-electron chi connectivity index (χ0n) is 15.1. The van der Waals surface area contributed by atoms with Gasteiger partial charge in [-0.25, -0.2) is 14.7 Å². The number of nitrogens with one attached hydrogen (secondary N) is 1. The predicted octanol–water partition coefficient (Wildman–Crippen LogP) is 3.14. The quantitative estimate of drug-likeness (QED) is 0.751. The van der Waals surface area contributed by atoms with Crippen LogP contribution < -0.4 is 15.0 Å². The van der Waals surface area contributed by atoms with Crippen molar-refractivity contribution in [2.75, 3.05) is 4.90 Å². The van der Waals surface area contributed by atoms with Crippen LogP contribution >= 0.6 is 0 Å². The van der Waals surface area contributed by atoms with Gasteiger partial charge in [0.25, 0.3) is 5.91 Å². The smallest absolute Gasteiger partial charge is 0.439 e. The summed E-state index contributed by atoms with van der Waals surface area (Å²) in [5.74, 6) is -2.00. The van der Waals surface area contributed by atoms with Crippen LogP contribution in [0.2, 0.25) is 0 Å². The van der Waals surface area contributed by atoms with Gasteiger partial charge >= 0.3 is 12.4 Å². The van der Waals surface area contributed by atoms with Crippen molar-refractivity contribution in [2.24, 2.45) is 5.92 Å². The molecule has 0 bridgehead atoms. The minimum absolute atomic E-state index is 0.0211. The highest BCUT2D eigenvalue weighted by molar-refractivity contribution is 6.21. The fourth-order valence-corrected chi connectivity index (χ4v) is 2.81. The molecule has 2 atom stereocenters. The fraction of sp³-hybridized carbons (Fsp3) is 0.333. The summed E-state index contributed by atoms with van der Waals surface area (Å²) < 4.78 is 46.8. The lowest BCUT2D eigenvalue weighted by Crippen LogP contribution is -2.31. The highest BCUT2D eigenvalue weighted by atomic mass is 19.4. The van der Waals surface area contributed by atoms with E-state index in [4.69, 9.17) is 10.00 Å². The van der Waals surface area contributed by atoms with Gasteiger partial charge in [0.05, 0.1) is 18.0 Å². The van der Waals surface area contributed by atoms with Crippen LogP contribution in [0.1, 0.15) is 19.8 Å². The maximum atomic E-state index is 12.5. The minimum Gasteiger partial charge on any atom is -0.439 e. The number of nitrogens with zero attached hydrogens (tertiary/aromatic N) is 3. The number of amides is 3. The Bertz CT molecular complexity index is 919. The van der Waals surface area contributed by atoms with Gasteiger partial charge in [0.15, 0.2) is 0 Å². The number of anilines is 1. The molecule has 3 amide bonds. The number of ether oxygens (including phenoxy) is 2. The van der Waals surface area contributed by atoms with Crippen LogP contribution in [0.15, 0.2) is 42.0 Å². The van der Waals surface area contributed by atoms with Crippen molar-refractivity contribution in [3.8, 4) is 11.9 Å². The number of rotatable bonds is 5. The van der Waals surface area contributed by atoms with Gasteiger partial charge in [0, 0.05) is 12.1 Å². The highest BCUT2D eigenvalue weighted by Crippen LogP contribution is 2.31. The van der Waals surface area contributed by atoms with Gasteiger partial charge < -0.3 is 14.8 Å². The van der Waals surface area contributed by atoms with Crippen LogP contribution in [-0.2, 0) is 9.53 Å². The maximum absolute atomic E-state index is 12.5. The third kappa shape index (κ3) is 4.48. The SMILES string of the molecule is CC[C@H]1NC(=O)N(c2ccc(OC3=CCC(C#N)C(OC(F)(F)F)=C3)nc2)C1=O. The largest absolute Gasteiger partial charge is 0.572 e. The molecule has 152 valence electrons. The summed E-state index contributed by atoms with van der Waals surface area (Å²) in [5, 5.41) is 11.5. The van der Waals surface area contributed by atoms with Crippen molar-refractivity contribution >= 4 is 17.6 Å². The van der Waals surface area contributed by atoms with Gasteiger partial charge in [-0.2, -0.15) is 5.26 Å². The number of allylic oxidation sites excluding steroid dienone is 3. The number of urea groups is 1. The molecule has 0 saturated carbocycles. The Kier molecular flexibility index (Phi) is 5.45. The van der Waals surface area contributed by atoms with Crippen molar-refractivity contribution in [3.63, 3.8) is 0 Å². The van der Waals surface area contributed by atoms with E-state index in [9.17, 15) is 22.8 Å². The number of carbonyl (C=O) groups excluding carboxylic acids is 2. The summed E-state index contributed by atoms with van der Waals surface area (Å²) in [6.45, 7) is 1.76. The van der Waals surface area contributed by atoms with Crippen molar-refractivity contribution in [1.82, 2.24) is 10.3 Å². The highest BCUT2D eigenvalue weighted by Gasteiger charge is 2.38. The molecule has 3 rings (SSSR count). The van der Waals surface area contributed by atoms with Crippen molar-refractivity contribution in [3.05, 3.63) is 42.0 Å². The van der Waals surface area contributed by atoms with Crippen LogP contribution in [-0.4, -0.2) is 29.3 Å². The molecule has 1 aliphatic heterocycles. The molecule has 1 fully saturated rings. The molecule has 29 heavy (non-hydrogen) atoms. The van der Waals surface area contributed by atoms with Crippen LogP contribution in [0.4, 0.5) is 23.7 Å². The van der Waals surface area contributed by atoms with Gasteiger partial charge in [-0.15, -0.1) is 13.2 Å². The van der Waals surface area contributed by atoms with E-state index in [1.54, 1.807) is 13.0 Å². The summed E-state index contributed by atoms with van der Waals surface area (Å²) >= 11 is 0. The summed E-state index contributed by atoms with van der Waals surface area (Å²) in [4.78, 5) is 29.1. The molecular weight excluding hydrogens is 393 g/mol. The van der Waals surface area contributed by atoms with E-state index in [2.05, 4.69) is 15.0 Å². The normalized spacial score (nSPS) is 21.8. The number of hydrogen-bond acceptors (Lipinski definition) is 6. The molecule has 8 nitrogen and oxygen atoms in total. The number of nitriles is 1. The van der Waals surface area contributed by atoms with E-state index in [0.717, 1.165) is 11.0 Å². The van der Waals surface area contributed by atoms with Crippen molar-refractivity contribution in [2.45, 2.75) is 32.2 Å². The Labute approximate surface area is 163 Å². The lowest BCUT2D eigenvalue weighted by atomic mass is 9.99. The van der Waals surface area contributed by atoms with Crippen LogP contribution in [0.5, 0.6) is 5.88 Å². The molecule has 1 aromatic heterocycles. The summed E-state index contributed by atoms with van der Waals surface area (Å²) in [6.07, 6.45) is -0.847. The zero-order chi connectivity index (χ0) is 21.2. The Morgan fingerprint density at radius 1 is 1.38 bits per heavy atom. The second-order valence-electron chi connectivity index (χ2n) is 6.16. The minimum atomic E-state index is -4.93. The average Bonchev–Trinajstić information content (AvgIpc) is 2.95. The summed E-state index contributed by atoms with van der Waals surface area (Å²) in [6, 6.07) is 3.36. The molecule has 1 unspecified atom stereocenters. The molecule has 1 saturated heterocycles. The van der Waals surface area contributed by atoms with E-state index < -0.39 is 36.0 Å². The van der Waals surface area contributed by atoms with E-state index in [0.29, 0.717) is 6.42 Å². The second-order valence-corrected chi connectivity index (χ2v) is 6.16. The molecular formula is C18H15F3N4O4. The standard InChI is InChI=1S/C18H15F3N4O4/c1-2-13-16(26)25(17(27)24-13)11-4-6-15(23-9-11)28-12-5-3-10(8-22)14(7-12)29-18(19,20)21/h4-7,9-10,13H,2-3H2,1H3,(H,24,27)/t10?,13-/m1/s1. The number of halogens is 3. The molecule has 1 aromatic rings. The third-order valence-corrected chi connectivity index (χ3v) is 4.20. The number of imide groups is 1. The van der Waals surface area contributed by atoms with E-state index >= 15 is 0 Å². The Morgan fingerprint density at radius 2 is 2.14 bits per heavy atom. The van der Waals surface area contributed by atoms with Crippen molar-refractivity contribution in [1.29, 1.82) is 5.26 Å². The van der Waals surface area contributed by atoms with Gasteiger partial charge in [0.1, 0.15) is 23.5 Å². The summed E-state index contributed by atoms with van der Waals surface area (Å²) in [7, 11) is 0. The number of pyridine rings is 1. The zero-order valence-corrected chi connectivity index (χ0v) is 15.1. The number of alkyl halides is 3. The average molecular weight is 408 g/mol. The van der Waals surface area contributed by atoms with Crippen LogP contribution in [0.25, 0.3) is 0 Å². The fourth-order valence-electron chi connectivity index (χ4n) is 2.81. The lowest BCUT2D eigenvalue weighted by Gasteiger charge is -2.20. The topological polar surface area (TPSA) is 105 Å². The first kappa shape index (κ1) is 20.2. The molecule has 2 heterocycles. The van der Waals surface area contributed by atoms with Gasteiger partial charge in [0.2, 0.25) is 5.88 Å². The Morgan fingerprint density at radius 3 is 2.69 bits per heavy atom. The third-order valence-electron chi connectivity index (χ3n) is 4.20. The molecule has 0 spiro atoms. The molecule has 11 heteroatoms. The molecule has 0 aromatic carbocycles. The van der Waals surface area contributed by atoms with Crippen LogP contribution in [0, 0.1) is 17.2 Å². The van der Waals surface area contributed by atoms with E-state index in [1.165, 1.54) is 24.4 Å². The molecule has 1 N–H and O–H groups in total. The number of hydrogen-bond donors (Lipinski definition) is 1. The number of carbonyl (C=O) groups is 2. The van der Waals surface area contributed by atoms with Crippen molar-refractivity contribution < 1.29 is 32.2 Å². The lowest BCUT2D eigenvalue weighted by molar-refractivity contribution is -0.308. The monoisotopic (exact) mass is 408 g/mol. The van der Waals surface area contributed by atoms with E-state index in [1.807, 2.05) is 0 Å². The second kappa shape index (κ2) is 7.83. The first-order chi connectivity index (χ1) is 13.7. The summed E-state index contributed by atoms with van der Waals surface area (Å²) in [5.41, 5.74) is 0.231. The van der Waals surface area contributed by atoms with Gasteiger partial charge in [-0.1, -0.05) is 6.92 Å². The number of aromatic nitrogens is 1.